The molecule has 3 rings (SSSR count). The molecule has 0 unspecified atom stereocenters. The van der Waals surface area contributed by atoms with Crippen LogP contribution in [0.4, 0.5) is 0 Å². The Morgan fingerprint density at radius 1 is 1.19 bits per heavy atom. The summed E-state index contributed by atoms with van der Waals surface area (Å²) >= 11 is 1.72. The number of hydrogen-bond acceptors (Lipinski definition) is 3. The van der Waals surface area contributed by atoms with Gasteiger partial charge in [-0.2, -0.15) is 0 Å². The van der Waals surface area contributed by atoms with Gasteiger partial charge in [0.1, 0.15) is 0 Å². The van der Waals surface area contributed by atoms with Crippen molar-refractivity contribution < 1.29 is 9.53 Å². The van der Waals surface area contributed by atoms with Gasteiger partial charge in [-0.3, -0.25) is 4.79 Å². The van der Waals surface area contributed by atoms with Gasteiger partial charge >= 0.3 is 0 Å². The molecule has 0 saturated carbocycles. The van der Waals surface area contributed by atoms with Crippen LogP contribution in [-0.2, 0) is 4.74 Å². The fourth-order valence-electron chi connectivity index (χ4n) is 3.27. The summed E-state index contributed by atoms with van der Waals surface area (Å²) in [7, 11) is 0. The Hall–Kier alpha value is -1.78. The Morgan fingerprint density at radius 2 is 1.96 bits per heavy atom. The lowest BCUT2D eigenvalue weighted by Crippen LogP contribution is -2.28. The highest BCUT2D eigenvalue weighted by molar-refractivity contribution is 7.99. The highest BCUT2D eigenvalue weighted by Crippen LogP contribution is 2.27. The smallest absolute Gasteiger partial charge is 0.252 e. The van der Waals surface area contributed by atoms with E-state index in [0.717, 1.165) is 42.1 Å². The average molecular weight is 370 g/mol. The first-order valence-corrected chi connectivity index (χ1v) is 10.4. The molecule has 2 aromatic rings. The highest BCUT2D eigenvalue weighted by atomic mass is 32.2. The SMILES string of the molecule is CC[C@H](CNC(=O)c1ccccc1SC[C@@H]1CCCO1)c1ccccc1. The van der Waals surface area contributed by atoms with E-state index < -0.39 is 0 Å². The van der Waals surface area contributed by atoms with Crippen LogP contribution in [0.15, 0.2) is 59.5 Å². The molecule has 0 aliphatic carbocycles. The van der Waals surface area contributed by atoms with Gasteiger partial charge in [-0.15, -0.1) is 11.8 Å². The van der Waals surface area contributed by atoms with E-state index in [1.807, 2.05) is 30.3 Å². The number of nitrogens with one attached hydrogen (secondary N) is 1. The van der Waals surface area contributed by atoms with Crippen molar-refractivity contribution in [3.05, 3.63) is 65.7 Å². The Bertz CT molecular complexity index is 698. The summed E-state index contributed by atoms with van der Waals surface area (Å²) in [6.07, 6.45) is 3.58. The predicted molar refractivity (Wildman–Crippen MR) is 108 cm³/mol. The van der Waals surface area contributed by atoms with Crippen LogP contribution in [-0.4, -0.2) is 30.9 Å². The van der Waals surface area contributed by atoms with Gasteiger partial charge in [0.2, 0.25) is 0 Å². The maximum absolute atomic E-state index is 12.8. The summed E-state index contributed by atoms with van der Waals surface area (Å²) in [5, 5.41) is 3.13. The van der Waals surface area contributed by atoms with E-state index >= 15 is 0 Å². The molecule has 26 heavy (non-hydrogen) atoms. The molecule has 1 aliphatic rings. The molecule has 2 aromatic carbocycles. The van der Waals surface area contributed by atoms with Crippen molar-refractivity contribution in [3.8, 4) is 0 Å². The molecule has 0 spiro atoms. The number of thioether (sulfide) groups is 1. The first-order chi connectivity index (χ1) is 12.8. The first kappa shape index (κ1) is 19.0. The van der Waals surface area contributed by atoms with Crippen molar-refractivity contribution in [1.29, 1.82) is 0 Å². The number of carbonyl (C=O) groups excluding carboxylic acids is 1. The van der Waals surface area contributed by atoms with E-state index in [-0.39, 0.29) is 5.91 Å². The molecule has 1 aliphatic heterocycles. The monoisotopic (exact) mass is 369 g/mol. The number of benzene rings is 2. The first-order valence-electron chi connectivity index (χ1n) is 9.44. The Balaban J connectivity index is 1.60. The molecule has 0 aromatic heterocycles. The van der Waals surface area contributed by atoms with E-state index in [9.17, 15) is 4.79 Å². The lowest BCUT2D eigenvalue weighted by Gasteiger charge is -2.17. The summed E-state index contributed by atoms with van der Waals surface area (Å²) in [6.45, 7) is 3.69. The lowest BCUT2D eigenvalue weighted by molar-refractivity contribution is 0.0947. The van der Waals surface area contributed by atoms with E-state index in [1.165, 1.54) is 5.56 Å². The summed E-state index contributed by atoms with van der Waals surface area (Å²) in [5.74, 6) is 1.26. The number of amides is 1. The van der Waals surface area contributed by atoms with Gasteiger partial charge in [-0.05, 0) is 37.0 Å². The van der Waals surface area contributed by atoms with Crippen molar-refractivity contribution in [2.24, 2.45) is 0 Å². The molecule has 3 nitrogen and oxygen atoms in total. The molecule has 4 heteroatoms. The lowest BCUT2D eigenvalue weighted by atomic mass is 9.96. The number of rotatable bonds is 8. The van der Waals surface area contributed by atoms with Crippen molar-refractivity contribution in [3.63, 3.8) is 0 Å². The number of hydrogen-bond donors (Lipinski definition) is 1. The van der Waals surface area contributed by atoms with E-state index in [2.05, 4.69) is 36.5 Å². The van der Waals surface area contributed by atoms with E-state index in [4.69, 9.17) is 4.74 Å². The quantitative estimate of drug-likeness (QED) is 0.674. The zero-order valence-corrected chi connectivity index (χ0v) is 16.1. The van der Waals surface area contributed by atoms with E-state index in [1.54, 1.807) is 11.8 Å². The number of ether oxygens (including phenoxy) is 1. The third-order valence-corrected chi connectivity index (χ3v) is 6.06. The standard InChI is InChI=1S/C22H27NO2S/c1-2-17(18-9-4-3-5-10-18)15-23-22(24)20-12-6-7-13-21(20)26-16-19-11-8-14-25-19/h3-7,9-10,12-13,17,19H,2,8,11,14-16H2,1H3,(H,23,24)/t17-,19+/m1/s1. The van der Waals surface area contributed by atoms with Gasteiger partial charge in [0, 0.05) is 29.7 Å². The van der Waals surface area contributed by atoms with E-state index in [0.29, 0.717) is 18.6 Å². The second-order valence-electron chi connectivity index (χ2n) is 6.67. The number of carbonyl (C=O) groups is 1. The summed E-state index contributed by atoms with van der Waals surface area (Å²) in [6, 6.07) is 18.3. The van der Waals surface area contributed by atoms with Gasteiger partial charge in [-0.25, -0.2) is 0 Å². The molecule has 1 N–H and O–H groups in total. The molecule has 2 atom stereocenters. The van der Waals surface area contributed by atoms with Crippen molar-refractivity contribution in [2.45, 2.75) is 43.1 Å². The molecule has 1 heterocycles. The zero-order chi connectivity index (χ0) is 18.2. The van der Waals surface area contributed by atoms with Crippen molar-refractivity contribution in [2.75, 3.05) is 18.9 Å². The topological polar surface area (TPSA) is 38.3 Å². The van der Waals surface area contributed by atoms with Crippen LogP contribution in [0.3, 0.4) is 0 Å². The molecule has 0 radical (unpaired) electrons. The molecule has 1 fully saturated rings. The van der Waals surface area contributed by atoms with Crippen LogP contribution in [0, 0.1) is 0 Å². The summed E-state index contributed by atoms with van der Waals surface area (Å²) in [5.41, 5.74) is 2.04. The minimum Gasteiger partial charge on any atom is -0.377 e. The zero-order valence-electron chi connectivity index (χ0n) is 15.3. The fourth-order valence-corrected chi connectivity index (χ4v) is 4.39. The van der Waals surface area contributed by atoms with Crippen LogP contribution in [0.1, 0.15) is 48.0 Å². The molecule has 1 amide bonds. The van der Waals surface area contributed by atoms with Crippen LogP contribution < -0.4 is 5.32 Å². The molecular formula is C22H27NO2S. The maximum Gasteiger partial charge on any atom is 0.252 e. The summed E-state index contributed by atoms with van der Waals surface area (Å²) < 4.78 is 5.70. The normalized spacial score (nSPS) is 17.8. The molecular weight excluding hydrogens is 342 g/mol. The average Bonchev–Trinajstić information content (AvgIpc) is 3.21. The Labute approximate surface area is 160 Å². The van der Waals surface area contributed by atoms with Gasteiger partial charge in [-0.1, -0.05) is 49.4 Å². The molecule has 0 bridgehead atoms. The minimum absolute atomic E-state index is 0.00909. The predicted octanol–water partition coefficient (Wildman–Crippen LogP) is 4.88. The van der Waals surface area contributed by atoms with Crippen LogP contribution in [0.5, 0.6) is 0 Å². The Kier molecular flexibility index (Phi) is 7.15. The van der Waals surface area contributed by atoms with Gasteiger partial charge in [0.25, 0.3) is 5.91 Å². The van der Waals surface area contributed by atoms with Crippen molar-refractivity contribution in [1.82, 2.24) is 5.32 Å². The van der Waals surface area contributed by atoms with Gasteiger partial charge < -0.3 is 10.1 Å². The second kappa shape index (κ2) is 9.79. The van der Waals surface area contributed by atoms with Crippen LogP contribution in [0.25, 0.3) is 0 Å². The maximum atomic E-state index is 12.8. The second-order valence-corrected chi connectivity index (χ2v) is 7.73. The highest BCUT2D eigenvalue weighted by Gasteiger charge is 2.18. The molecule has 1 saturated heterocycles. The van der Waals surface area contributed by atoms with Crippen molar-refractivity contribution >= 4 is 17.7 Å². The Morgan fingerprint density at radius 3 is 2.69 bits per heavy atom. The molecule has 138 valence electrons. The van der Waals surface area contributed by atoms with Crippen LogP contribution >= 0.6 is 11.8 Å². The summed E-state index contributed by atoms with van der Waals surface area (Å²) in [4.78, 5) is 13.8. The fraction of sp³-hybridized carbons (Fsp3) is 0.409. The van der Waals surface area contributed by atoms with Gasteiger partial charge in [0.05, 0.1) is 11.7 Å². The van der Waals surface area contributed by atoms with Gasteiger partial charge in [0.15, 0.2) is 0 Å². The third kappa shape index (κ3) is 5.12. The largest absolute Gasteiger partial charge is 0.377 e. The van der Waals surface area contributed by atoms with Crippen LogP contribution in [0.2, 0.25) is 0 Å². The third-order valence-electron chi connectivity index (χ3n) is 4.85. The minimum atomic E-state index is 0.00909.